The molecule has 1 aliphatic carbocycles. The van der Waals surface area contributed by atoms with Crippen molar-refractivity contribution in [2.24, 2.45) is 10.8 Å². The van der Waals surface area contributed by atoms with Gasteiger partial charge < -0.3 is 15.8 Å². The van der Waals surface area contributed by atoms with Gasteiger partial charge in [0.05, 0.1) is 11.8 Å². The molecule has 36 heavy (non-hydrogen) atoms. The molecule has 2 aromatic carbocycles. The molecule has 1 aliphatic rings. The van der Waals surface area contributed by atoms with Gasteiger partial charge >= 0.3 is 0 Å². The van der Waals surface area contributed by atoms with E-state index in [4.69, 9.17) is 10.5 Å². The van der Waals surface area contributed by atoms with Crippen LogP contribution in [0.3, 0.4) is 0 Å². The Labute approximate surface area is 211 Å². The number of nitrogens with zero attached hydrogens (tertiary/aromatic N) is 1. The summed E-state index contributed by atoms with van der Waals surface area (Å²) in [6, 6.07) is 12.3. The summed E-state index contributed by atoms with van der Waals surface area (Å²) >= 11 is 1.40. The number of primary amides is 1. The van der Waals surface area contributed by atoms with Gasteiger partial charge in [0.25, 0.3) is 17.7 Å². The lowest BCUT2D eigenvalue weighted by molar-refractivity contribution is -0.127. The first-order valence-corrected chi connectivity index (χ1v) is 12.2. The number of anilines is 1. The number of benzene rings is 2. The van der Waals surface area contributed by atoms with E-state index in [1.807, 2.05) is 0 Å². The van der Waals surface area contributed by atoms with E-state index in [1.54, 1.807) is 43.3 Å². The minimum Gasteiger partial charge on any atom is -0.481 e. The summed E-state index contributed by atoms with van der Waals surface area (Å²) in [5, 5.41) is 7.05. The van der Waals surface area contributed by atoms with Gasteiger partial charge in [0.1, 0.15) is 16.6 Å². The number of amides is 3. The summed E-state index contributed by atoms with van der Waals surface area (Å²) < 4.78 is 19.2. The van der Waals surface area contributed by atoms with Crippen LogP contribution in [-0.4, -0.2) is 30.0 Å². The number of thiophene rings is 1. The number of aryl methyl sites for hydroxylation is 1. The number of nitrogens with one attached hydrogen (secondary N) is 2. The summed E-state index contributed by atoms with van der Waals surface area (Å²) in [4.78, 5) is 38.2. The molecule has 1 atom stereocenters. The fourth-order valence-corrected chi connectivity index (χ4v) is 5.16. The minimum absolute atomic E-state index is 0.242. The van der Waals surface area contributed by atoms with Crippen LogP contribution in [0.2, 0.25) is 0 Å². The predicted molar refractivity (Wildman–Crippen MR) is 136 cm³/mol. The largest absolute Gasteiger partial charge is 0.481 e. The first-order chi connectivity index (χ1) is 17.3. The third-order valence-electron chi connectivity index (χ3n) is 5.73. The van der Waals surface area contributed by atoms with Crippen LogP contribution < -0.4 is 21.2 Å². The summed E-state index contributed by atoms with van der Waals surface area (Å²) in [6.45, 7) is 1.54. The van der Waals surface area contributed by atoms with Crippen molar-refractivity contribution in [3.63, 3.8) is 0 Å². The molecule has 0 saturated heterocycles. The van der Waals surface area contributed by atoms with Crippen LogP contribution in [0.25, 0.3) is 0 Å². The molecular weight excluding hydrogens is 483 g/mol. The Balaban J connectivity index is 1.35. The van der Waals surface area contributed by atoms with Gasteiger partial charge in [-0.3, -0.25) is 14.4 Å². The Morgan fingerprint density at radius 2 is 1.83 bits per heavy atom. The molecule has 0 radical (unpaired) electrons. The van der Waals surface area contributed by atoms with Crippen LogP contribution in [0.4, 0.5) is 9.39 Å². The standard InChI is InChI=1S/C26H25FN4O4S/c1-15(24(33)31-29-14-17-6-2-4-8-20(17)27)35-18-12-10-16(11-13-18)25(34)30-26-22(23(28)32)19-7-3-5-9-21(19)36-26/h2,4,6,8,10-15H,3,5,7,9H2,1H3,(H2,28,32)(H,30,34)(H,31,33). The van der Waals surface area contributed by atoms with Crippen LogP contribution in [0.1, 0.15) is 56.5 Å². The van der Waals surface area contributed by atoms with E-state index in [0.29, 0.717) is 21.9 Å². The second-order valence-corrected chi connectivity index (χ2v) is 9.38. The van der Waals surface area contributed by atoms with E-state index < -0.39 is 23.7 Å². The van der Waals surface area contributed by atoms with E-state index >= 15 is 0 Å². The molecule has 0 spiro atoms. The highest BCUT2D eigenvalue weighted by Gasteiger charge is 2.25. The topological polar surface area (TPSA) is 123 Å². The SMILES string of the molecule is CC(Oc1ccc(C(=O)Nc2sc3c(c2C(N)=O)CCCC3)cc1)C(=O)NN=Cc1ccccc1F. The van der Waals surface area contributed by atoms with E-state index in [0.717, 1.165) is 36.1 Å². The number of carbonyl (C=O) groups is 3. The zero-order valence-corrected chi connectivity index (χ0v) is 20.4. The molecule has 1 aromatic heterocycles. The molecule has 186 valence electrons. The fourth-order valence-electron chi connectivity index (χ4n) is 3.87. The van der Waals surface area contributed by atoms with Crippen LogP contribution in [0.5, 0.6) is 5.75 Å². The molecule has 1 unspecified atom stereocenters. The number of nitrogens with two attached hydrogens (primary N) is 1. The third kappa shape index (κ3) is 5.77. The summed E-state index contributed by atoms with van der Waals surface area (Å²) in [6.07, 6.45) is 4.02. The highest BCUT2D eigenvalue weighted by Crippen LogP contribution is 2.38. The van der Waals surface area contributed by atoms with Crippen molar-refractivity contribution in [2.75, 3.05) is 5.32 Å². The van der Waals surface area contributed by atoms with Crippen molar-refractivity contribution >= 4 is 40.3 Å². The van der Waals surface area contributed by atoms with Gasteiger partial charge in [-0.1, -0.05) is 18.2 Å². The average molecular weight is 509 g/mol. The van der Waals surface area contributed by atoms with Gasteiger partial charge in [-0.05, 0) is 68.5 Å². The number of hydrazone groups is 1. The van der Waals surface area contributed by atoms with Crippen molar-refractivity contribution < 1.29 is 23.5 Å². The second kappa shape index (κ2) is 11.1. The molecule has 10 heteroatoms. The van der Waals surface area contributed by atoms with Gasteiger partial charge in [-0.2, -0.15) is 5.10 Å². The molecule has 4 rings (SSSR count). The lowest BCUT2D eigenvalue weighted by atomic mass is 9.95. The van der Waals surface area contributed by atoms with Crippen molar-refractivity contribution in [1.29, 1.82) is 0 Å². The first kappa shape index (κ1) is 25.1. The Bertz CT molecular complexity index is 1320. The van der Waals surface area contributed by atoms with Crippen LogP contribution in [-0.2, 0) is 17.6 Å². The van der Waals surface area contributed by atoms with E-state index in [1.165, 1.54) is 29.7 Å². The summed E-state index contributed by atoms with van der Waals surface area (Å²) in [5.74, 6) is -1.52. The van der Waals surface area contributed by atoms with Gasteiger partial charge in [0.2, 0.25) is 0 Å². The zero-order valence-electron chi connectivity index (χ0n) is 19.5. The van der Waals surface area contributed by atoms with Crippen molar-refractivity contribution in [2.45, 2.75) is 38.7 Å². The molecule has 1 heterocycles. The van der Waals surface area contributed by atoms with Crippen LogP contribution >= 0.6 is 11.3 Å². The van der Waals surface area contributed by atoms with Gasteiger partial charge in [-0.25, -0.2) is 9.82 Å². The monoisotopic (exact) mass is 508 g/mol. The smallest absolute Gasteiger partial charge is 0.280 e. The molecule has 3 amide bonds. The number of halogens is 1. The molecule has 8 nitrogen and oxygen atoms in total. The average Bonchev–Trinajstić information content (AvgIpc) is 3.23. The maximum Gasteiger partial charge on any atom is 0.280 e. The Kier molecular flexibility index (Phi) is 7.74. The van der Waals surface area contributed by atoms with Crippen molar-refractivity contribution in [1.82, 2.24) is 5.43 Å². The number of hydrogen-bond donors (Lipinski definition) is 3. The van der Waals surface area contributed by atoms with E-state index in [2.05, 4.69) is 15.8 Å². The Morgan fingerprint density at radius 3 is 2.56 bits per heavy atom. The quantitative estimate of drug-likeness (QED) is 0.314. The van der Waals surface area contributed by atoms with Crippen molar-refractivity contribution in [3.8, 4) is 5.75 Å². The van der Waals surface area contributed by atoms with Crippen molar-refractivity contribution in [3.05, 3.63) is 81.5 Å². The number of hydrogen-bond acceptors (Lipinski definition) is 6. The highest BCUT2D eigenvalue weighted by atomic mass is 32.1. The van der Waals surface area contributed by atoms with Gasteiger partial charge in [0.15, 0.2) is 6.10 Å². The minimum atomic E-state index is -0.891. The molecular formula is C26H25FN4O4S. The lowest BCUT2D eigenvalue weighted by Gasteiger charge is -2.13. The van der Waals surface area contributed by atoms with Gasteiger partial charge in [0, 0.05) is 16.0 Å². The maximum absolute atomic E-state index is 13.6. The molecule has 0 saturated carbocycles. The number of carbonyl (C=O) groups excluding carboxylic acids is 3. The highest BCUT2D eigenvalue weighted by molar-refractivity contribution is 7.17. The number of rotatable bonds is 8. The van der Waals surface area contributed by atoms with E-state index in [9.17, 15) is 18.8 Å². The Morgan fingerprint density at radius 1 is 1.11 bits per heavy atom. The Hall–Kier alpha value is -4.05. The maximum atomic E-state index is 13.6. The summed E-state index contributed by atoms with van der Waals surface area (Å²) in [7, 11) is 0. The molecule has 3 aromatic rings. The normalized spacial score (nSPS) is 13.6. The molecule has 0 bridgehead atoms. The van der Waals surface area contributed by atoms with Crippen LogP contribution in [0.15, 0.2) is 53.6 Å². The first-order valence-electron chi connectivity index (χ1n) is 11.4. The third-order valence-corrected chi connectivity index (χ3v) is 6.93. The molecule has 0 fully saturated rings. The van der Waals surface area contributed by atoms with E-state index in [-0.39, 0.29) is 11.5 Å². The number of fused-ring (bicyclic) bond motifs is 1. The zero-order chi connectivity index (χ0) is 25.7. The summed E-state index contributed by atoms with van der Waals surface area (Å²) in [5.41, 5.74) is 9.85. The molecule has 4 N–H and O–H groups in total. The lowest BCUT2D eigenvalue weighted by Crippen LogP contribution is -2.33. The number of ether oxygens (including phenoxy) is 1. The fraction of sp³-hybridized carbons (Fsp3) is 0.231. The predicted octanol–water partition coefficient (Wildman–Crippen LogP) is 4.03. The van der Waals surface area contributed by atoms with Gasteiger partial charge in [-0.15, -0.1) is 11.3 Å². The molecule has 0 aliphatic heterocycles. The second-order valence-electron chi connectivity index (χ2n) is 8.27. The van der Waals surface area contributed by atoms with Crippen LogP contribution in [0, 0.1) is 5.82 Å².